The van der Waals surface area contributed by atoms with Crippen molar-refractivity contribution in [3.8, 4) is 11.5 Å². The van der Waals surface area contributed by atoms with Gasteiger partial charge in [-0.3, -0.25) is 19.7 Å². The quantitative estimate of drug-likeness (QED) is 0.440. The van der Waals surface area contributed by atoms with Crippen molar-refractivity contribution in [3.63, 3.8) is 0 Å². The summed E-state index contributed by atoms with van der Waals surface area (Å²) in [6.45, 7) is 0.810. The molecule has 3 aliphatic heterocycles. The van der Waals surface area contributed by atoms with Crippen molar-refractivity contribution in [2.75, 3.05) is 18.1 Å². The highest BCUT2D eigenvalue weighted by atomic mass is 16.7. The zero-order chi connectivity index (χ0) is 20.1. The van der Waals surface area contributed by atoms with Gasteiger partial charge in [0.05, 0.1) is 10.6 Å². The number of ether oxygens (including phenoxy) is 2. The van der Waals surface area contributed by atoms with Crippen LogP contribution < -0.4 is 14.4 Å². The first-order valence-corrected chi connectivity index (χ1v) is 8.80. The predicted octanol–water partition coefficient (Wildman–Crippen LogP) is 1.66. The number of carbonyl (C=O) groups excluding carboxylic acids is 2. The summed E-state index contributed by atoms with van der Waals surface area (Å²) < 4.78 is 11.0. The molecule has 3 heterocycles. The number of nitrogens with zero attached hydrogens (tertiary/aromatic N) is 3. The minimum absolute atomic E-state index is 0.0865. The molecule has 0 aliphatic carbocycles. The van der Waals surface area contributed by atoms with Gasteiger partial charge < -0.3 is 14.3 Å². The fourth-order valence-corrected chi connectivity index (χ4v) is 3.60. The first-order valence-electron chi connectivity index (χ1n) is 8.80. The Hall–Kier alpha value is -3.95. The number of nitro groups is 1. The average Bonchev–Trinajstić information content (AvgIpc) is 3.28. The topological polar surface area (TPSA) is 121 Å². The van der Waals surface area contributed by atoms with Gasteiger partial charge in [-0.2, -0.15) is 0 Å². The van der Waals surface area contributed by atoms with E-state index >= 15 is 0 Å². The summed E-state index contributed by atoms with van der Waals surface area (Å²) in [6, 6.07) is 10.4. The Labute approximate surface area is 163 Å². The molecule has 10 nitrogen and oxygen atoms in total. The van der Waals surface area contributed by atoms with E-state index in [0.717, 1.165) is 4.90 Å². The number of imide groups is 1. The number of hydrogen-bond acceptors (Lipinski definition) is 8. The maximum absolute atomic E-state index is 13.1. The monoisotopic (exact) mass is 395 g/mol. The second-order valence-corrected chi connectivity index (χ2v) is 6.62. The summed E-state index contributed by atoms with van der Waals surface area (Å²) in [6.07, 6.45) is -1.07. The highest BCUT2D eigenvalue weighted by molar-refractivity contribution is 6.32. The first kappa shape index (κ1) is 17.2. The third kappa shape index (κ3) is 2.60. The molecule has 2 aromatic carbocycles. The van der Waals surface area contributed by atoms with Gasteiger partial charge in [-0.15, -0.1) is 0 Å². The number of oxime groups is 1. The summed E-state index contributed by atoms with van der Waals surface area (Å²) >= 11 is 0. The number of carbonyl (C=O) groups is 2. The summed E-state index contributed by atoms with van der Waals surface area (Å²) in [5.74, 6) is -0.930. The van der Waals surface area contributed by atoms with Crippen LogP contribution in [-0.2, 0) is 14.4 Å². The van der Waals surface area contributed by atoms with E-state index in [9.17, 15) is 19.7 Å². The van der Waals surface area contributed by atoms with E-state index in [1.165, 1.54) is 24.3 Å². The average molecular weight is 395 g/mol. The van der Waals surface area contributed by atoms with E-state index < -0.39 is 28.8 Å². The van der Waals surface area contributed by atoms with Crippen LogP contribution in [0.25, 0.3) is 0 Å². The lowest BCUT2D eigenvalue weighted by atomic mass is 9.94. The number of nitro benzene ring substituents is 1. The van der Waals surface area contributed by atoms with Crippen molar-refractivity contribution in [1.29, 1.82) is 0 Å². The van der Waals surface area contributed by atoms with Crippen molar-refractivity contribution in [3.05, 3.63) is 58.1 Å². The molecule has 0 aromatic heterocycles. The lowest BCUT2D eigenvalue weighted by Crippen LogP contribution is -2.33. The van der Waals surface area contributed by atoms with E-state index in [2.05, 4.69) is 5.16 Å². The molecule has 146 valence electrons. The Morgan fingerprint density at radius 2 is 1.72 bits per heavy atom. The van der Waals surface area contributed by atoms with E-state index in [4.69, 9.17) is 14.3 Å². The van der Waals surface area contributed by atoms with Crippen LogP contribution in [0.4, 0.5) is 11.4 Å². The predicted molar refractivity (Wildman–Crippen MR) is 97.9 cm³/mol. The van der Waals surface area contributed by atoms with Gasteiger partial charge in [0.15, 0.2) is 11.5 Å². The Kier molecular flexibility index (Phi) is 3.73. The molecule has 2 amide bonds. The lowest BCUT2D eigenvalue weighted by molar-refractivity contribution is -0.384. The smallest absolute Gasteiger partial charge is 0.278 e. The van der Waals surface area contributed by atoms with E-state index in [0.29, 0.717) is 36.0 Å². The van der Waals surface area contributed by atoms with Crippen LogP contribution in [0, 0.1) is 16.0 Å². The van der Waals surface area contributed by atoms with Crippen LogP contribution in [0.1, 0.15) is 5.56 Å². The summed E-state index contributed by atoms with van der Waals surface area (Å²) in [7, 11) is 0. The number of rotatable bonds is 3. The summed E-state index contributed by atoms with van der Waals surface area (Å²) in [4.78, 5) is 42.5. The van der Waals surface area contributed by atoms with Crippen molar-refractivity contribution < 1.29 is 28.8 Å². The molecule has 0 radical (unpaired) electrons. The summed E-state index contributed by atoms with van der Waals surface area (Å²) in [5, 5.41) is 14.7. The lowest BCUT2D eigenvalue weighted by Gasteiger charge is -2.21. The molecule has 1 fully saturated rings. The van der Waals surface area contributed by atoms with Crippen LogP contribution in [0.2, 0.25) is 0 Å². The molecule has 3 aliphatic rings. The number of benzene rings is 2. The highest BCUT2D eigenvalue weighted by Gasteiger charge is 2.56. The number of non-ortho nitro benzene ring substituents is 1. The second kappa shape index (κ2) is 6.30. The first-order chi connectivity index (χ1) is 14.0. The van der Waals surface area contributed by atoms with E-state index in [1.54, 1.807) is 18.2 Å². The Balaban J connectivity index is 1.46. The Morgan fingerprint density at radius 3 is 2.45 bits per heavy atom. The number of amides is 2. The molecular formula is C19H13N3O7. The number of fused-ring (bicyclic) bond motifs is 2. The van der Waals surface area contributed by atoms with E-state index in [-0.39, 0.29) is 11.4 Å². The van der Waals surface area contributed by atoms with Crippen molar-refractivity contribution >= 4 is 28.9 Å². The molecule has 29 heavy (non-hydrogen) atoms. The van der Waals surface area contributed by atoms with Gasteiger partial charge in [-0.25, -0.2) is 4.90 Å². The SMILES string of the molecule is O=C1[C@H]2C(c3ccc([N+](=O)[O-])cc3)=NO[C@H]2C(=O)N1c1ccc2c(c1)OCCO2. The maximum Gasteiger partial charge on any atom is 0.278 e. The molecule has 10 heteroatoms. The molecule has 0 spiro atoms. The molecule has 1 saturated heterocycles. The minimum atomic E-state index is -1.07. The highest BCUT2D eigenvalue weighted by Crippen LogP contribution is 2.39. The van der Waals surface area contributed by atoms with Crippen LogP contribution in [-0.4, -0.2) is 41.8 Å². The number of anilines is 1. The summed E-state index contributed by atoms with van der Waals surface area (Å²) in [5.41, 5.74) is 1.01. The molecule has 0 unspecified atom stereocenters. The third-order valence-electron chi connectivity index (χ3n) is 4.97. The van der Waals surface area contributed by atoms with Crippen molar-refractivity contribution in [2.45, 2.75) is 6.10 Å². The molecule has 2 aromatic rings. The molecule has 0 bridgehead atoms. The fraction of sp³-hybridized carbons (Fsp3) is 0.211. The maximum atomic E-state index is 13.1. The van der Waals surface area contributed by atoms with Crippen molar-refractivity contribution in [1.82, 2.24) is 0 Å². The van der Waals surface area contributed by atoms with Gasteiger partial charge >= 0.3 is 0 Å². The van der Waals surface area contributed by atoms with Gasteiger partial charge in [0, 0.05) is 23.8 Å². The zero-order valence-corrected chi connectivity index (χ0v) is 14.8. The normalized spacial score (nSPS) is 22.2. The Morgan fingerprint density at radius 1 is 1.00 bits per heavy atom. The third-order valence-corrected chi connectivity index (χ3v) is 4.97. The van der Waals surface area contributed by atoms with E-state index in [1.807, 2.05) is 0 Å². The zero-order valence-electron chi connectivity index (χ0n) is 14.8. The van der Waals surface area contributed by atoms with Gasteiger partial charge in [-0.05, 0) is 24.3 Å². The van der Waals surface area contributed by atoms with Crippen LogP contribution in [0.3, 0.4) is 0 Å². The molecular weight excluding hydrogens is 382 g/mol. The van der Waals surface area contributed by atoms with Crippen LogP contribution >= 0.6 is 0 Å². The van der Waals surface area contributed by atoms with Gasteiger partial charge in [0.2, 0.25) is 12.0 Å². The Bertz CT molecular complexity index is 1080. The second-order valence-electron chi connectivity index (χ2n) is 6.62. The van der Waals surface area contributed by atoms with Crippen LogP contribution in [0.5, 0.6) is 11.5 Å². The standard InChI is InChI=1S/C19H13N3O7/c23-18-15-16(10-1-3-11(4-2-10)22(25)26)20-29-17(15)19(24)21(18)12-5-6-13-14(9-12)28-8-7-27-13/h1-6,9,15,17H,7-8H2/t15-,17+/m0/s1. The van der Waals surface area contributed by atoms with Gasteiger partial charge in [-0.1, -0.05) is 5.16 Å². The fourth-order valence-electron chi connectivity index (χ4n) is 3.60. The van der Waals surface area contributed by atoms with Crippen LogP contribution in [0.15, 0.2) is 47.6 Å². The molecule has 0 saturated carbocycles. The van der Waals surface area contributed by atoms with Crippen molar-refractivity contribution in [2.24, 2.45) is 11.1 Å². The number of hydrogen-bond donors (Lipinski definition) is 0. The minimum Gasteiger partial charge on any atom is -0.486 e. The molecule has 5 rings (SSSR count). The largest absolute Gasteiger partial charge is 0.486 e. The van der Waals surface area contributed by atoms with Gasteiger partial charge in [0.25, 0.3) is 11.6 Å². The molecule has 0 N–H and O–H groups in total. The van der Waals surface area contributed by atoms with Gasteiger partial charge in [0.1, 0.15) is 24.8 Å². The molecule has 2 atom stereocenters.